The van der Waals surface area contributed by atoms with Crippen molar-refractivity contribution < 1.29 is 23.5 Å². The molecule has 0 spiro atoms. The molecule has 0 radical (unpaired) electrons. The molecule has 0 N–H and O–H groups in total. The lowest BCUT2D eigenvalue weighted by molar-refractivity contribution is -0.144. The zero-order valence-electron chi connectivity index (χ0n) is 13.7. The van der Waals surface area contributed by atoms with Crippen molar-refractivity contribution in [2.75, 3.05) is 13.2 Å². The summed E-state index contributed by atoms with van der Waals surface area (Å²) in [5.74, 6) is -1.18. The predicted molar refractivity (Wildman–Crippen MR) is 107 cm³/mol. The molecule has 8 heteroatoms. The maximum Gasteiger partial charge on any atom is 0.344 e. The summed E-state index contributed by atoms with van der Waals surface area (Å²) in [5, 5.41) is 1.23. The Hall–Kier alpha value is -2.26. The van der Waals surface area contributed by atoms with E-state index < -0.39 is 24.2 Å². The number of hydrogen-bond donors (Lipinski definition) is 0. The number of Topliss-reactive ketones (excluding diaryl/α,β-unsaturated/α-hetero) is 1. The summed E-state index contributed by atoms with van der Waals surface area (Å²) in [4.78, 5) is 28.1. The second kappa shape index (κ2) is 8.62. The molecule has 1 aromatic heterocycles. The van der Waals surface area contributed by atoms with Gasteiger partial charge in [0.15, 0.2) is 24.7 Å². The highest BCUT2D eigenvalue weighted by Crippen LogP contribution is 2.34. The van der Waals surface area contributed by atoms with E-state index in [0.717, 1.165) is 0 Å². The highest BCUT2D eigenvalue weighted by atomic mass is 127. The number of rotatable bonds is 6. The van der Waals surface area contributed by atoms with Gasteiger partial charge >= 0.3 is 5.97 Å². The van der Waals surface area contributed by atoms with Crippen molar-refractivity contribution in [2.24, 2.45) is 0 Å². The molecule has 0 unspecified atom stereocenters. The Morgan fingerprint density at radius 3 is 2.63 bits per heavy atom. The maximum atomic E-state index is 12.9. The van der Waals surface area contributed by atoms with Crippen molar-refractivity contribution in [3.63, 3.8) is 0 Å². The number of ketones is 1. The summed E-state index contributed by atoms with van der Waals surface area (Å²) in [7, 11) is 0. The van der Waals surface area contributed by atoms with Crippen LogP contribution in [0.25, 0.3) is 10.9 Å². The van der Waals surface area contributed by atoms with Crippen molar-refractivity contribution in [3.05, 3.63) is 68.6 Å². The van der Waals surface area contributed by atoms with Gasteiger partial charge in [0, 0.05) is 17.1 Å². The number of benzene rings is 2. The average Bonchev–Trinajstić information content (AvgIpc) is 2.66. The number of pyridine rings is 1. The highest BCUT2D eigenvalue weighted by Gasteiger charge is 2.15. The van der Waals surface area contributed by atoms with Crippen LogP contribution in [0.1, 0.15) is 10.4 Å². The first-order valence-electron chi connectivity index (χ1n) is 7.75. The first kappa shape index (κ1) is 19.5. The molecule has 0 aliphatic carbocycles. The molecule has 138 valence electrons. The fourth-order valence-corrected chi connectivity index (χ4v) is 3.49. The van der Waals surface area contributed by atoms with Gasteiger partial charge in [-0.3, -0.25) is 9.78 Å². The number of esters is 1. The zero-order valence-corrected chi connectivity index (χ0v) is 16.7. The van der Waals surface area contributed by atoms with Gasteiger partial charge in [-0.2, -0.15) is 0 Å². The van der Waals surface area contributed by atoms with E-state index in [0.29, 0.717) is 25.2 Å². The molecule has 0 saturated heterocycles. The van der Waals surface area contributed by atoms with E-state index in [1.165, 1.54) is 24.3 Å². The number of fused-ring (bicyclic) bond motifs is 1. The smallest absolute Gasteiger partial charge is 0.344 e. The summed E-state index contributed by atoms with van der Waals surface area (Å²) in [6, 6.07) is 10.3. The molecule has 0 bridgehead atoms. The molecule has 0 saturated carbocycles. The second-order valence-corrected chi connectivity index (χ2v) is 7.02. The third-order valence-corrected chi connectivity index (χ3v) is 4.73. The molecule has 0 aliphatic heterocycles. The molecule has 0 atom stereocenters. The maximum absolute atomic E-state index is 12.9. The molecule has 27 heavy (non-hydrogen) atoms. The van der Waals surface area contributed by atoms with Crippen LogP contribution in [0.15, 0.2) is 48.7 Å². The molecule has 5 nitrogen and oxygen atoms in total. The molecule has 3 aromatic rings. The number of carbonyl (C=O) groups is 2. The Labute approximate surface area is 172 Å². The third kappa shape index (κ3) is 4.72. The van der Waals surface area contributed by atoms with E-state index in [4.69, 9.17) is 21.1 Å². The molecular formula is C19H12ClFINO4. The number of halogens is 3. The Kier molecular flexibility index (Phi) is 6.22. The van der Waals surface area contributed by atoms with E-state index in [-0.39, 0.29) is 12.2 Å². The number of nitrogens with zero attached hydrogens (tertiary/aromatic N) is 1. The summed E-state index contributed by atoms with van der Waals surface area (Å²) in [5.41, 5.74) is 0.789. The number of ether oxygens (including phenoxy) is 2. The molecule has 1 heterocycles. The molecule has 0 amide bonds. The van der Waals surface area contributed by atoms with E-state index in [1.807, 2.05) is 22.6 Å². The minimum atomic E-state index is -0.708. The predicted octanol–water partition coefficient (Wildman–Crippen LogP) is 4.44. The molecule has 2 aromatic carbocycles. The van der Waals surface area contributed by atoms with Crippen molar-refractivity contribution in [2.45, 2.75) is 0 Å². The molecule has 3 rings (SSSR count). The van der Waals surface area contributed by atoms with Crippen LogP contribution in [0.3, 0.4) is 0 Å². The van der Waals surface area contributed by atoms with Crippen LogP contribution < -0.4 is 4.74 Å². The van der Waals surface area contributed by atoms with Gasteiger partial charge in [0.1, 0.15) is 11.3 Å². The summed E-state index contributed by atoms with van der Waals surface area (Å²) >= 11 is 8.23. The molecular weight excluding hydrogens is 488 g/mol. The normalized spacial score (nSPS) is 10.6. The number of carbonyl (C=O) groups excluding carboxylic acids is 2. The van der Waals surface area contributed by atoms with Crippen LogP contribution in [0, 0.1) is 9.39 Å². The molecule has 0 fully saturated rings. The van der Waals surface area contributed by atoms with Gasteiger partial charge in [0.25, 0.3) is 0 Å². The standard InChI is InChI=1S/C19H12ClFINO4/c20-14-8-15(22)19(18-13(14)2-1-7-23-18)27-10-17(25)26-9-16(24)11-3-5-12(21)6-4-11/h1-8H,9-10H2. The van der Waals surface area contributed by atoms with E-state index in [9.17, 15) is 14.0 Å². The largest absolute Gasteiger partial charge is 0.478 e. The van der Waals surface area contributed by atoms with Crippen LogP contribution in [-0.2, 0) is 9.53 Å². The second-order valence-electron chi connectivity index (χ2n) is 5.45. The summed E-state index contributed by atoms with van der Waals surface area (Å²) in [6.07, 6.45) is 1.60. The lowest BCUT2D eigenvalue weighted by atomic mass is 10.1. The SMILES string of the molecule is O=C(COc1c(I)cc(Cl)c2cccnc12)OCC(=O)c1ccc(F)cc1. The fourth-order valence-electron chi connectivity index (χ4n) is 2.32. The Morgan fingerprint density at radius 2 is 1.89 bits per heavy atom. The van der Waals surface area contributed by atoms with Crippen molar-refractivity contribution >= 4 is 56.8 Å². The van der Waals surface area contributed by atoms with E-state index >= 15 is 0 Å². The van der Waals surface area contributed by atoms with Gasteiger partial charge in [-0.25, -0.2) is 9.18 Å². The van der Waals surface area contributed by atoms with E-state index in [2.05, 4.69) is 4.98 Å². The quantitative estimate of drug-likeness (QED) is 0.285. The van der Waals surface area contributed by atoms with Crippen LogP contribution >= 0.6 is 34.2 Å². The Balaban J connectivity index is 1.62. The Bertz CT molecular complexity index is 1010. The van der Waals surface area contributed by atoms with Crippen LogP contribution in [0.5, 0.6) is 5.75 Å². The lowest BCUT2D eigenvalue weighted by Crippen LogP contribution is -2.20. The van der Waals surface area contributed by atoms with Crippen molar-refractivity contribution in [3.8, 4) is 5.75 Å². The van der Waals surface area contributed by atoms with Crippen molar-refractivity contribution in [1.29, 1.82) is 0 Å². The van der Waals surface area contributed by atoms with Crippen LogP contribution in [-0.4, -0.2) is 30.0 Å². The Morgan fingerprint density at radius 1 is 1.15 bits per heavy atom. The summed E-state index contributed by atoms with van der Waals surface area (Å²) < 4.78 is 24.0. The van der Waals surface area contributed by atoms with Gasteiger partial charge in [0.2, 0.25) is 0 Å². The van der Waals surface area contributed by atoms with E-state index in [1.54, 1.807) is 24.4 Å². The van der Waals surface area contributed by atoms with Gasteiger partial charge < -0.3 is 9.47 Å². The highest BCUT2D eigenvalue weighted by molar-refractivity contribution is 14.1. The van der Waals surface area contributed by atoms with Gasteiger partial charge in [0.05, 0.1) is 8.59 Å². The monoisotopic (exact) mass is 499 g/mol. The number of hydrogen-bond acceptors (Lipinski definition) is 5. The first-order chi connectivity index (χ1) is 13.0. The number of aromatic nitrogens is 1. The minimum Gasteiger partial charge on any atom is -0.478 e. The summed E-state index contributed by atoms with van der Waals surface area (Å²) in [6.45, 7) is -0.843. The van der Waals surface area contributed by atoms with Crippen LogP contribution in [0.2, 0.25) is 5.02 Å². The van der Waals surface area contributed by atoms with Crippen LogP contribution in [0.4, 0.5) is 4.39 Å². The average molecular weight is 500 g/mol. The third-order valence-electron chi connectivity index (χ3n) is 3.62. The topological polar surface area (TPSA) is 65.5 Å². The fraction of sp³-hybridized carbons (Fsp3) is 0.105. The van der Waals surface area contributed by atoms with Crippen molar-refractivity contribution in [1.82, 2.24) is 4.98 Å². The lowest BCUT2D eigenvalue weighted by Gasteiger charge is -2.11. The van der Waals surface area contributed by atoms with Gasteiger partial charge in [-0.15, -0.1) is 0 Å². The van der Waals surface area contributed by atoms with Gasteiger partial charge in [-0.05, 0) is 65.1 Å². The van der Waals surface area contributed by atoms with Gasteiger partial charge in [-0.1, -0.05) is 11.6 Å². The molecule has 0 aliphatic rings. The minimum absolute atomic E-state index is 0.257. The zero-order chi connectivity index (χ0) is 19.4. The first-order valence-corrected chi connectivity index (χ1v) is 9.21.